The fraction of sp³-hybridized carbons (Fsp3) is 0.273. The minimum atomic E-state index is -0.295. The molecule has 0 unspecified atom stereocenters. The lowest BCUT2D eigenvalue weighted by Gasteiger charge is -2.08. The average Bonchev–Trinajstić information content (AvgIpc) is 3.39. The zero-order valence-electron chi connectivity index (χ0n) is 16.7. The van der Waals surface area contributed by atoms with Crippen molar-refractivity contribution in [3.63, 3.8) is 0 Å². The van der Waals surface area contributed by atoms with Crippen LogP contribution in [0.4, 0.5) is 0 Å². The molecule has 30 heavy (non-hydrogen) atoms. The molecule has 0 bridgehead atoms. The van der Waals surface area contributed by atoms with E-state index >= 15 is 0 Å². The van der Waals surface area contributed by atoms with Gasteiger partial charge in [-0.15, -0.1) is 0 Å². The normalized spacial score (nSPS) is 11.1. The summed E-state index contributed by atoms with van der Waals surface area (Å²) in [6, 6.07) is 18.6. The van der Waals surface area contributed by atoms with Gasteiger partial charge in [0.25, 0.3) is 0 Å². The van der Waals surface area contributed by atoms with Gasteiger partial charge in [-0.05, 0) is 24.1 Å². The molecule has 4 aromatic rings. The number of para-hydroxylation sites is 2. The number of fused-ring (bicyclic) bond motifs is 1. The lowest BCUT2D eigenvalue weighted by atomic mass is 10.1. The molecule has 4 rings (SSSR count). The molecular formula is C22H22N4O3S. The number of esters is 1. The van der Waals surface area contributed by atoms with Crippen LogP contribution >= 0.6 is 11.8 Å². The van der Waals surface area contributed by atoms with Crippen LogP contribution in [0.2, 0.25) is 0 Å². The number of carbonyl (C=O) groups excluding carboxylic acids is 1. The molecule has 0 saturated heterocycles. The van der Waals surface area contributed by atoms with E-state index in [0.29, 0.717) is 23.9 Å². The van der Waals surface area contributed by atoms with E-state index in [4.69, 9.17) is 9.51 Å². The van der Waals surface area contributed by atoms with E-state index in [2.05, 4.69) is 49.8 Å². The van der Waals surface area contributed by atoms with Gasteiger partial charge in [-0.3, -0.25) is 4.79 Å². The van der Waals surface area contributed by atoms with Gasteiger partial charge < -0.3 is 13.8 Å². The molecule has 0 atom stereocenters. The van der Waals surface area contributed by atoms with Crippen molar-refractivity contribution in [2.75, 3.05) is 7.11 Å². The maximum atomic E-state index is 11.3. The summed E-state index contributed by atoms with van der Waals surface area (Å²) in [4.78, 5) is 20.4. The van der Waals surface area contributed by atoms with E-state index in [1.807, 2.05) is 24.3 Å². The lowest BCUT2D eigenvalue weighted by Crippen LogP contribution is -2.03. The first-order chi connectivity index (χ1) is 14.7. The topological polar surface area (TPSA) is 83.0 Å². The zero-order valence-corrected chi connectivity index (χ0v) is 17.5. The van der Waals surface area contributed by atoms with E-state index in [1.165, 1.54) is 12.7 Å². The Balaban J connectivity index is 1.46. The highest BCUT2D eigenvalue weighted by Gasteiger charge is 2.14. The molecule has 0 amide bonds. The molecule has 8 heteroatoms. The lowest BCUT2D eigenvalue weighted by molar-refractivity contribution is -0.140. The second-order valence-electron chi connectivity index (χ2n) is 6.74. The van der Waals surface area contributed by atoms with Crippen molar-refractivity contribution in [1.82, 2.24) is 19.7 Å². The molecule has 154 valence electrons. The fourth-order valence-electron chi connectivity index (χ4n) is 3.16. The van der Waals surface area contributed by atoms with E-state index in [1.54, 1.807) is 11.8 Å². The van der Waals surface area contributed by atoms with Gasteiger partial charge in [-0.25, -0.2) is 4.98 Å². The number of ether oxygens (including phenoxy) is 1. The number of rotatable bonds is 9. The number of carbonyl (C=O) groups is 1. The van der Waals surface area contributed by atoms with Crippen molar-refractivity contribution in [3.05, 3.63) is 71.9 Å². The van der Waals surface area contributed by atoms with Gasteiger partial charge in [0.1, 0.15) is 0 Å². The van der Waals surface area contributed by atoms with E-state index in [-0.39, 0.29) is 12.4 Å². The molecule has 0 aliphatic rings. The largest absolute Gasteiger partial charge is 0.469 e. The number of nitrogens with zero attached hydrogens (tertiary/aromatic N) is 4. The Kier molecular flexibility index (Phi) is 6.44. The molecule has 0 spiro atoms. The smallest absolute Gasteiger partial charge is 0.306 e. The molecule has 2 heterocycles. The Labute approximate surface area is 178 Å². The van der Waals surface area contributed by atoms with Crippen LogP contribution in [0.15, 0.2) is 64.3 Å². The maximum absolute atomic E-state index is 11.3. The monoisotopic (exact) mass is 422 g/mol. The number of imidazole rings is 1. The van der Waals surface area contributed by atoms with Crippen molar-refractivity contribution in [3.8, 4) is 0 Å². The van der Waals surface area contributed by atoms with Crippen LogP contribution in [0.1, 0.15) is 23.7 Å². The van der Waals surface area contributed by atoms with Crippen LogP contribution < -0.4 is 0 Å². The van der Waals surface area contributed by atoms with Gasteiger partial charge in [-0.2, -0.15) is 4.98 Å². The van der Waals surface area contributed by atoms with Crippen LogP contribution in [0, 0.1) is 0 Å². The fourth-order valence-corrected chi connectivity index (χ4v) is 4.04. The number of hydrogen-bond donors (Lipinski definition) is 0. The summed E-state index contributed by atoms with van der Waals surface area (Å²) in [5.74, 6) is 1.27. The van der Waals surface area contributed by atoms with Crippen molar-refractivity contribution < 1.29 is 14.1 Å². The van der Waals surface area contributed by atoms with Crippen molar-refractivity contribution in [1.29, 1.82) is 0 Å². The first kappa shape index (κ1) is 20.2. The molecule has 0 saturated carbocycles. The summed E-state index contributed by atoms with van der Waals surface area (Å²) >= 11 is 1.58. The quantitative estimate of drug-likeness (QED) is 0.297. The first-order valence-electron chi connectivity index (χ1n) is 9.73. The van der Waals surface area contributed by atoms with Crippen molar-refractivity contribution in [2.24, 2.45) is 0 Å². The number of thioether (sulfide) groups is 1. The number of benzene rings is 2. The zero-order chi connectivity index (χ0) is 20.8. The van der Waals surface area contributed by atoms with Gasteiger partial charge in [0, 0.05) is 13.0 Å². The predicted octanol–water partition coefficient (Wildman–Crippen LogP) is 4.06. The Hall–Kier alpha value is -3.13. The van der Waals surface area contributed by atoms with Gasteiger partial charge in [0.05, 0.1) is 30.3 Å². The van der Waals surface area contributed by atoms with Gasteiger partial charge in [0.15, 0.2) is 11.0 Å². The Bertz CT molecular complexity index is 1120. The molecule has 0 aliphatic heterocycles. The Morgan fingerprint density at radius 2 is 1.87 bits per heavy atom. The molecule has 0 fully saturated rings. The van der Waals surface area contributed by atoms with Crippen molar-refractivity contribution >= 4 is 28.8 Å². The number of hydrogen-bond acceptors (Lipinski definition) is 7. The minimum absolute atomic E-state index is 0.223. The summed E-state index contributed by atoms with van der Waals surface area (Å²) in [6.07, 6.45) is 1.52. The van der Waals surface area contributed by atoms with Crippen LogP contribution in [-0.2, 0) is 34.7 Å². The highest BCUT2D eigenvalue weighted by Crippen LogP contribution is 2.26. The summed E-state index contributed by atoms with van der Waals surface area (Å²) in [5.41, 5.74) is 3.38. The highest BCUT2D eigenvalue weighted by molar-refractivity contribution is 7.98. The second-order valence-corrected chi connectivity index (χ2v) is 7.68. The minimum Gasteiger partial charge on any atom is -0.469 e. The number of aromatic nitrogens is 4. The molecule has 0 aliphatic carbocycles. The summed E-state index contributed by atoms with van der Waals surface area (Å²) in [6.45, 7) is 0.837. The van der Waals surface area contributed by atoms with Gasteiger partial charge in [0.2, 0.25) is 5.89 Å². The third-order valence-electron chi connectivity index (χ3n) is 4.70. The Morgan fingerprint density at radius 1 is 1.07 bits per heavy atom. The molecular weight excluding hydrogens is 400 g/mol. The maximum Gasteiger partial charge on any atom is 0.306 e. The molecule has 2 aromatic heterocycles. The SMILES string of the molecule is COC(=O)CCc1nc(CSc2nc3ccccc3n2CCc2ccccc2)no1. The first-order valence-corrected chi connectivity index (χ1v) is 10.7. The standard InChI is InChI=1S/C22H22N4O3S/c1-28-21(27)12-11-20-24-19(25-29-20)15-30-22-23-17-9-5-6-10-18(17)26(22)14-13-16-7-3-2-4-8-16/h2-10H,11-15H2,1H3. The summed E-state index contributed by atoms with van der Waals surface area (Å²) < 4.78 is 12.1. The summed E-state index contributed by atoms with van der Waals surface area (Å²) in [5, 5.41) is 4.94. The molecule has 0 radical (unpaired) electrons. The third kappa shape index (κ3) is 4.88. The van der Waals surface area contributed by atoms with Crippen LogP contribution in [0.25, 0.3) is 11.0 Å². The van der Waals surface area contributed by atoms with E-state index in [9.17, 15) is 4.79 Å². The van der Waals surface area contributed by atoms with Crippen LogP contribution in [0.3, 0.4) is 0 Å². The second kappa shape index (κ2) is 9.58. The number of aryl methyl sites for hydroxylation is 3. The number of methoxy groups -OCH3 is 1. The van der Waals surface area contributed by atoms with E-state index in [0.717, 1.165) is 29.2 Å². The van der Waals surface area contributed by atoms with Crippen LogP contribution in [0.5, 0.6) is 0 Å². The molecule has 2 aromatic carbocycles. The van der Waals surface area contributed by atoms with Gasteiger partial charge >= 0.3 is 5.97 Å². The summed E-state index contributed by atoms with van der Waals surface area (Å²) in [7, 11) is 1.36. The van der Waals surface area contributed by atoms with Gasteiger partial charge in [-0.1, -0.05) is 59.4 Å². The van der Waals surface area contributed by atoms with Crippen molar-refractivity contribution in [2.45, 2.75) is 36.7 Å². The van der Waals surface area contributed by atoms with E-state index < -0.39 is 0 Å². The third-order valence-corrected chi connectivity index (χ3v) is 5.67. The molecule has 7 nitrogen and oxygen atoms in total. The Morgan fingerprint density at radius 3 is 2.70 bits per heavy atom. The van der Waals surface area contributed by atoms with Crippen LogP contribution in [-0.4, -0.2) is 32.8 Å². The average molecular weight is 423 g/mol. The highest BCUT2D eigenvalue weighted by atomic mass is 32.2. The molecule has 0 N–H and O–H groups in total. The predicted molar refractivity (Wildman–Crippen MR) is 114 cm³/mol.